The molecule has 2 N–H and O–H groups in total. The number of carbonyl (C=O) groups excluding carboxylic acids is 2. The zero-order valence-corrected chi connectivity index (χ0v) is 16.0. The molecule has 2 amide bonds. The summed E-state index contributed by atoms with van der Waals surface area (Å²) in [6.45, 7) is 0. The Hall–Kier alpha value is -2.91. The molecule has 0 aliphatic rings. The zero-order valence-electron chi connectivity index (χ0n) is 14.3. The SMILES string of the molecule is COc1cccc(C(=O)Nc2nnc(SCC(=O)Nc3ccccc3)s2)c1. The maximum Gasteiger partial charge on any atom is 0.257 e. The highest BCUT2D eigenvalue weighted by Gasteiger charge is 2.12. The second-order valence-corrected chi connectivity index (χ2v) is 7.46. The van der Waals surface area contributed by atoms with Crippen LogP contribution in [0.15, 0.2) is 58.9 Å². The van der Waals surface area contributed by atoms with Crippen LogP contribution in [-0.4, -0.2) is 34.9 Å². The number of carbonyl (C=O) groups is 2. The molecule has 2 aromatic carbocycles. The van der Waals surface area contributed by atoms with Crippen molar-refractivity contribution < 1.29 is 14.3 Å². The molecule has 0 fully saturated rings. The fourth-order valence-corrected chi connectivity index (χ4v) is 3.65. The Bertz CT molecular complexity index is 931. The molecule has 1 heterocycles. The number of amides is 2. The van der Waals surface area contributed by atoms with Crippen LogP contribution >= 0.6 is 23.1 Å². The van der Waals surface area contributed by atoms with Crippen LogP contribution in [-0.2, 0) is 4.79 Å². The van der Waals surface area contributed by atoms with E-state index in [9.17, 15) is 9.59 Å². The molecule has 7 nitrogen and oxygen atoms in total. The minimum Gasteiger partial charge on any atom is -0.497 e. The van der Waals surface area contributed by atoms with Crippen molar-refractivity contribution in [1.82, 2.24) is 10.2 Å². The lowest BCUT2D eigenvalue weighted by molar-refractivity contribution is -0.113. The van der Waals surface area contributed by atoms with E-state index in [0.717, 1.165) is 5.69 Å². The number of para-hydroxylation sites is 1. The van der Waals surface area contributed by atoms with Gasteiger partial charge >= 0.3 is 0 Å². The largest absolute Gasteiger partial charge is 0.497 e. The molecule has 3 rings (SSSR count). The summed E-state index contributed by atoms with van der Waals surface area (Å²) in [5, 5.41) is 13.8. The highest BCUT2D eigenvalue weighted by atomic mass is 32.2. The van der Waals surface area contributed by atoms with Crippen molar-refractivity contribution in [1.29, 1.82) is 0 Å². The van der Waals surface area contributed by atoms with Crippen LogP contribution in [0.25, 0.3) is 0 Å². The van der Waals surface area contributed by atoms with Crippen molar-refractivity contribution in [2.45, 2.75) is 4.34 Å². The number of nitrogens with one attached hydrogen (secondary N) is 2. The molecule has 138 valence electrons. The quantitative estimate of drug-likeness (QED) is 0.466. The van der Waals surface area contributed by atoms with Gasteiger partial charge in [-0.15, -0.1) is 10.2 Å². The zero-order chi connectivity index (χ0) is 19.1. The molecule has 1 aromatic heterocycles. The normalized spacial score (nSPS) is 10.3. The van der Waals surface area contributed by atoms with Crippen molar-refractivity contribution in [2.75, 3.05) is 23.5 Å². The van der Waals surface area contributed by atoms with E-state index in [1.54, 1.807) is 31.4 Å². The van der Waals surface area contributed by atoms with Gasteiger partial charge in [-0.1, -0.05) is 47.4 Å². The molecule has 0 saturated carbocycles. The van der Waals surface area contributed by atoms with Gasteiger partial charge in [-0.2, -0.15) is 0 Å². The van der Waals surface area contributed by atoms with Crippen molar-refractivity contribution in [2.24, 2.45) is 0 Å². The summed E-state index contributed by atoms with van der Waals surface area (Å²) in [5.74, 6) is 0.361. The Balaban J connectivity index is 1.52. The van der Waals surface area contributed by atoms with Crippen LogP contribution < -0.4 is 15.4 Å². The fraction of sp³-hybridized carbons (Fsp3) is 0.111. The summed E-state index contributed by atoms with van der Waals surface area (Å²) in [7, 11) is 1.54. The molecule has 0 aliphatic heterocycles. The number of aromatic nitrogens is 2. The van der Waals surface area contributed by atoms with Gasteiger partial charge in [-0.25, -0.2) is 0 Å². The van der Waals surface area contributed by atoms with Crippen LogP contribution in [0.4, 0.5) is 10.8 Å². The molecular formula is C18H16N4O3S2. The summed E-state index contributed by atoms with van der Waals surface area (Å²) in [5.41, 5.74) is 1.20. The van der Waals surface area contributed by atoms with Gasteiger partial charge in [0, 0.05) is 11.3 Å². The van der Waals surface area contributed by atoms with E-state index < -0.39 is 0 Å². The second-order valence-electron chi connectivity index (χ2n) is 5.26. The van der Waals surface area contributed by atoms with Gasteiger partial charge in [0.15, 0.2) is 4.34 Å². The van der Waals surface area contributed by atoms with Crippen LogP contribution in [0, 0.1) is 0 Å². The van der Waals surface area contributed by atoms with Gasteiger partial charge in [0.25, 0.3) is 5.91 Å². The molecule has 0 aliphatic carbocycles. The summed E-state index contributed by atoms with van der Waals surface area (Å²) in [6.07, 6.45) is 0. The second kappa shape index (κ2) is 9.15. The molecule has 3 aromatic rings. The number of anilines is 2. The Morgan fingerprint density at radius 3 is 2.67 bits per heavy atom. The third kappa shape index (κ3) is 5.53. The number of hydrogen-bond donors (Lipinski definition) is 2. The minimum absolute atomic E-state index is 0.136. The van der Waals surface area contributed by atoms with Crippen molar-refractivity contribution in [3.05, 3.63) is 60.2 Å². The molecular weight excluding hydrogens is 384 g/mol. The standard InChI is InChI=1S/C18H16N4O3S2/c1-25-14-9-5-6-12(10-14)16(24)20-17-21-22-18(27-17)26-11-15(23)19-13-7-3-2-4-8-13/h2-10H,11H2,1H3,(H,19,23)(H,20,21,24). The Morgan fingerprint density at radius 2 is 1.89 bits per heavy atom. The highest BCUT2D eigenvalue weighted by Crippen LogP contribution is 2.26. The topological polar surface area (TPSA) is 93.2 Å². The monoisotopic (exact) mass is 400 g/mol. The molecule has 0 unspecified atom stereocenters. The van der Waals surface area contributed by atoms with Crippen LogP contribution in [0.2, 0.25) is 0 Å². The average Bonchev–Trinajstić information content (AvgIpc) is 3.14. The predicted molar refractivity (Wildman–Crippen MR) is 107 cm³/mol. The first-order valence-corrected chi connectivity index (χ1v) is 9.71. The van der Waals surface area contributed by atoms with Crippen LogP contribution in [0.5, 0.6) is 5.75 Å². The van der Waals surface area contributed by atoms with E-state index in [0.29, 0.717) is 20.8 Å². The molecule has 0 saturated heterocycles. The number of thioether (sulfide) groups is 1. The number of methoxy groups -OCH3 is 1. The summed E-state index contributed by atoms with van der Waals surface area (Å²) in [6, 6.07) is 16.0. The Labute approximate surface area is 164 Å². The van der Waals surface area contributed by atoms with E-state index in [4.69, 9.17) is 4.74 Å². The molecule has 0 atom stereocenters. The van der Waals surface area contributed by atoms with E-state index >= 15 is 0 Å². The highest BCUT2D eigenvalue weighted by molar-refractivity contribution is 8.01. The van der Waals surface area contributed by atoms with E-state index in [-0.39, 0.29) is 17.6 Å². The lowest BCUT2D eigenvalue weighted by Crippen LogP contribution is -2.13. The first-order chi connectivity index (χ1) is 13.1. The molecule has 9 heteroatoms. The van der Waals surface area contributed by atoms with E-state index in [2.05, 4.69) is 20.8 Å². The molecule has 0 spiro atoms. The first kappa shape index (κ1) is 18.9. The maximum absolute atomic E-state index is 12.3. The fourth-order valence-electron chi connectivity index (χ4n) is 2.10. The predicted octanol–water partition coefficient (Wildman–Crippen LogP) is 3.53. The minimum atomic E-state index is -0.302. The maximum atomic E-state index is 12.3. The first-order valence-electron chi connectivity index (χ1n) is 7.90. The number of hydrogen-bond acceptors (Lipinski definition) is 7. The molecule has 27 heavy (non-hydrogen) atoms. The average molecular weight is 400 g/mol. The summed E-state index contributed by atoms with van der Waals surface area (Å²) >= 11 is 2.47. The molecule has 0 radical (unpaired) electrons. The van der Waals surface area contributed by atoms with E-state index in [1.807, 2.05) is 30.3 Å². The third-order valence-electron chi connectivity index (χ3n) is 3.34. The third-order valence-corrected chi connectivity index (χ3v) is 5.32. The van der Waals surface area contributed by atoms with Gasteiger partial charge in [-0.3, -0.25) is 14.9 Å². The van der Waals surface area contributed by atoms with Gasteiger partial charge in [0.1, 0.15) is 5.75 Å². The summed E-state index contributed by atoms with van der Waals surface area (Å²) in [4.78, 5) is 24.2. The Kier molecular flexibility index (Phi) is 6.39. The van der Waals surface area contributed by atoms with E-state index in [1.165, 1.54) is 23.1 Å². The van der Waals surface area contributed by atoms with Crippen LogP contribution in [0.1, 0.15) is 10.4 Å². The number of nitrogens with zero attached hydrogens (tertiary/aromatic N) is 2. The van der Waals surface area contributed by atoms with Gasteiger partial charge in [0.2, 0.25) is 11.0 Å². The number of ether oxygens (including phenoxy) is 1. The Morgan fingerprint density at radius 1 is 1.07 bits per heavy atom. The lowest BCUT2D eigenvalue weighted by Gasteiger charge is -2.03. The molecule has 0 bridgehead atoms. The van der Waals surface area contributed by atoms with Gasteiger partial charge < -0.3 is 10.1 Å². The number of benzene rings is 2. The van der Waals surface area contributed by atoms with Crippen LogP contribution in [0.3, 0.4) is 0 Å². The van der Waals surface area contributed by atoms with Crippen molar-refractivity contribution in [3.63, 3.8) is 0 Å². The van der Waals surface area contributed by atoms with Crippen molar-refractivity contribution in [3.8, 4) is 5.75 Å². The van der Waals surface area contributed by atoms with Gasteiger partial charge in [0.05, 0.1) is 12.9 Å². The van der Waals surface area contributed by atoms with Crippen molar-refractivity contribution >= 4 is 45.7 Å². The smallest absolute Gasteiger partial charge is 0.257 e. The van der Waals surface area contributed by atoms with Gasteiger partial charge in [-0.05, 0) is 30.3 Å². The number of rotatable bonds is 7. The lowest BCUT2D eigenvalue weighted by atomic mass is 10.2. The summed E-state index contributed by atoms with van der Waals surface area (Å²) < 4.78 is 5.71.